The molecule has 1 aromatic heterocycles. The summed E-state index contributed by atoms with van der Waals surface area (Å²) < 4.78 is 15.7. The molecule has 0 aliphatic heterocycles. The van der Waals surface area contributed by atoms with Gasteiger partial charge in [0.2, 0.25) is 0 Å². The number of carbonyl (C=O) groups is 1. The molecule has 2 rings (SSSR count). The molecule has 26 heavy (non-hydrogen) atoms. The number of esters is 1. The Hall–Kier alpha value is -2.60. The van der Waals surface area contributed by atoms with Crippen molar-refractivity contribution < 1.29 is 23.8 Å². The fourth-order valence-electron chi connectivity index (χ4n) is 2.40. The Kier molecular flexibility index (Phi) is 6.21. The molecule has 0 spiro atoms. The Morgan fingerprint density at radius 1 is 1.31 bits per heavy atom. The number of aliphatic hydroxyl groups is 1. The van der Waals surface area contributed by atoms with Crippen molar-refractivity contribution in [2.75, 3.05) is 13.7 Å². The number of methoxy groups -OCH3 is 1. The van der Waals surface area contributed by atoms with Gasteiger partial charge in [-0.05, 0) is 43.2 Å². The first-order chi connectivity index (χ1) is 12.2. The largest absolute Gasteiger partial charge is 0.496 e. The Balaban J connectivity index is 2.26. The minimum absolute atomic E-state index is 0.175. The van der Waals surface area contributed by atoms with Crippen molar-refractivity contribution in [3.63, 3.8) is 0 Å². The predicted octanol–water partition coefficient (Wildman–Crippen LogP) is 3.16. The number of rotatable bonds is 7. The number of hydrogen-bond donors (Lipinski definition) is 1. The normalized spacial score (nSPS) is 13.9. The van der Waals surface area contributed by atoms with Crippen LogP contribution in [-0.2, 0) is 9.53 Å². The van der Waals surface area contributed by atoms with E-state index in [0.29, 0.717) is 23.3 Å². The molecule has 0 fully saturated rings. The van der Waals surface area contributed by atoms with Crippen LogP contribution in [0.3, 0.4) is 0 Å². The second-order valence-electron chi connectivity index (χ2n) is 6.80. The highest BCUT2D eigenvalue weighted by Gasteiger charge is 2.20. The van der Waals surface area contributed by atoms with Gasteiger partial charge < -0.3 is 19.0 Å². The van der Waals surface area contributed by atoms with Crippen molar-refractivity contribution >= 4 is 23.0 Å². The molecule has 6 heteroatoms. The van der Waals surface area contributed by atoms with Crippen molar-refractivity contribution in [3.8, 4) is 5.75 Å². The molecule has 0 bridgehead atoms. The molecule has 0 saturated heterocycles. The minimum atomic E-state index is -1.38. The first-order valence-electron chi connectivity index (χ1n) is 8.40. The third-order valence-electron chi connectivity index (χ3n) is 3.72. The number of benzene rings is 1. The number of carbonyl (C=O) groups excluding carboxylic acids is 1. The highest BCUT2D eigenvalue weighted by Crippen LogP contribution is 2.29. The molecule has 0 saturated carbocycles. The maximum Gasteiger partial charge on any atom is 0.336 e. The molecular formula is C20H24O6. The fraction of sp³-hybridized carbons (Fsp3) is 0.400. The lowest BCUT2D eigenvalue weighted by Gasteiger charge is -2.19. The highest BCUT2D eigenvalue weighted by molar-refractivity contribution is 5.88. The summed E-state index contributed by atoms with van der Waals surface area (Å²) in [6.45, 7) is 5.19. The van der Waals surface area contributed by atoms with Gasteiger partial charge in [-0.3, -0.25) is 4.79 Å². The lowest BCUT2D eigenvalue weighted by molar-refractivity contribution is -0.149. The number of hydrogen-bond acceptors (Lipinski definition) is 6. The average molecular weight is 360 g/mol. The first-order valence-corrected chi connectivity index (χ1v) is 8.40. The third-order valence-corrected chi connectivity index (χ3v) is 3.72. The second-order valence-corrected chi connectivity index (χ2v) is 6.80. The van der Waals surface area contributed by atoms with Crippen LogP contribution in [0.25, 0.3) is 17.0 Å². The standard InChI is InChI=1S/C20H24O6/c1-13(2)11-18(22)25-12-20(3,23)10-9-15-16(24-4)7-5-14-6-8-17(21)26-19(14)15/h5-10,13,23H,11-12H2,1-4H3/b10-9+. The maximum atomic E-state index is 11.7. The van der Waals surface area contributed by atoms with E-state index < -0.39 is 11.2 Å². The lowest BCUT2D eigenvalue weighted by Crippen LogP contribution is -2.29. The van der Waals surface area contributed by atoms with E-state index in [1.165, 1.54) is 26.2 Å². The van der Waals surface area contributed by atoms with Gasteiger partial charge in [-0.2, -0.15) is 0 Å². The molecule has 0 aliphatic rings. The van der Waals surface area contributed by atoms with Gasteiger partial charge in [0, 0.05) is 17.9 Å². The lowest BCUT2D eigenvalue weighted by atomic mass is 10.0. The smallest absolute Gasteiger partial charge is 0.336 e. The van der Waals surface area contributed by atoms with E-state index in [2.05, 4.69) is 0 Å². The summed E-state index contributed by atoms with van der Waals surface area (Å²) in [5.41, 5.74) is -0.971. The van der Waals surface area contributed by atoms with Gasteiger partial charge in [0.1, 0.15) is 23.5 Å². The van der Waals surface area contributed by atoms with Crippen LogP contribution in [0.15, 0.2) is 39.6 Å². The fourth-order valence-corrected chi connectivity index (χ4v) is 2.40. The summed E-state index contributed by atoms with van der Waals surface area (Å²) in [5, 5.41) is 11.2. The number of ether oxygens (including phenoxy) is 2. The monoisotopic (exact) mass is 360 g/mol. The zero-order valence-corrected chi connectivity index (χ0v) is 15.4. The second kappa shape index (κ2) is 8.19. The van der Waals surface area contributed by atoms with Crippen LogP contribution in [0, 0.1) is 5.92 Å². The van der Waals surface area contributed by atoms with Crippen molar-refractivity contribution in [1.82, 2.24) is 0 Å². The van der Waals surface area contributed by atoms with Crippen molar-refractivity contribution in [3.05, 3.63) is 46.3 Å². The topological polar surface area (TPSA) is 86.0 Å². The average Bonchev–Trinajstić information content (AvgIpc) is 2.57. The quantitative estimate of drug-likeness (QED) is 0.603. The van der Waals surface area contributed by atoms with Gasteiger partial charge in [-0.1, -0.05) is 13.8 Å². The van der Waals surface area contributed by atoms with Gasteiger partial charge in [0.25, 0.3) is 0 Å². The van der Waals surface area contributed by atoms with Gasteiger partial charge in [0.05, 0.1) is 12.7 Å². The number of fused-ring (bicyclic) bond motifs is 1. The Bertz CT molecular complexity index is 860. The van der Waals surface area contributed by atoms with Crippen molar-refractivity contribution in [1.29, 1.82) is 0 Å². The summed E-state index contributed by atoms with van der Waals surface area (Å²) >= 11 is 0. The molecule has 0 radical (unpaired) electrons. The van der Waals surface area contributed by atoms with Gasteiger partial charge >= 0.3 is 11.6 Å². The third kappa shape index (κ3) is 5.20. The summed E-state index contributed by atoms with van der Waals surface area (Å²) in [6.07, 6.45) is 3.38. The van der Waals surface area contributed by atoms with Crippen molar-refractivity contribution in [2.45, 2.75) is 32.8 Å². The van der Waals surface area contributed by atoms with E-state index in [1.807, 2.05) is 13.8 Å². The van der Waals surface area contributed by atoms with Gasteiger partial charge in [-0.15, -0.1) is 0 Å². The Morgan fingerprint density at radius 2 is 2.00 bits per heavy atom. The molecular weight excluding hydrogens is 336 g/mol. The van der Waals surface area contributed by atoms with Crippen molar-refractivity contribution in [2.24, 2.45) is 5.92 Å². The summed E-state index contributed by atoms with van der Waals surface area (Å²) in [5.74, 6) is 0.323. The van der Waals surface area contributed by atoms with E-state index in [1.54, 1.807) is 24.3 Å². The van der Waals surface area contributed by atoms with Crippen LogP contribution in [0.4, 0.5) is 0 Å². The molecule has 1 atom stereocenters. The van der Waals surface area contributed by atoms with E-state index in [0.717, 1.165) is 5.39 Å². The molecule has 0 aliphatic carbocycles. The molecule has 140 valence electrons. The molecule has 1 aromatic carbocycles. The van der Waals surface area contributed by atoms with E-state index >= 15 is 0 Å². The van der Waals surface area contributed by atoms with E-state index in [4.69, 9.17) is 13.9 Å². The molecule has 1 heterocycles. The highest BCUT2D eigenvalue weighted by atomic mass is 16.5. The van der Waals surface area contributed by atoms with Crippen LogP contribution < -0.4 is 10.4 Å². The van der Waals surface area contributed by atoms with Gasteiger partial charge in [-0.25, -0.2) is 4.79 Å². The van der Waals surface area contributed by atoms with Crippen LogP contribution in [0.2, 0.25) is 0 Å². The SMILES string of the molecule is COc1ccc2ccc(=O)oc2c1/C=C/C(C)(O)COC(=O)CC(C)C. The molecule has 2 aromatic rings. The summed E-state index contributed by atoms with van der Waals surface area (Å²) in [6, 6.07) is 6.52. The van der Waals surface area contributed by atoms with Crippen LogP contribution in [0.5, 0.6) is 5.75 Å². The minimum Gasteiger partial charge on any atom is -0.496 e. The summed E-state index contributed by atoms with van der Waals surface area (Å²) in [7, 11) is 1.51. The zero-order valence-electron chi connectivity index (χ0n) is 15.4. The predicted molar refractivity (Wildman–Crippen MR) is 99.1 cm³/mol. The Labute approximate surface area is 152 Å². The molecule has 0 amide bonds. The van der Waals surface area contributed by atoms with Gasteiger partial charge in [0.15, 0.2) is 0 Å². The van der Waals surface area contributed by atoms with Crippen LogP contribution in [-0.4, -0.2) is 30.4 Å². The molecule has 1 N–H and O–H groups in total. The van der Waals surface area contributed by atoms with E-state index in [9.17, 15) is 14.7 Å². The maximum absolute atomic E-state index is 11.7. The van der Waals surface area contributed by atoms with Crippen LogP contribution in [0.1, 0.15) is 32.8 Å². The van der Waals surface area contributed by atoms with E-state index in [-0.39, 0.29) is 18.5 Å². The summed E-state index contributed by atoms with van der Waals surface area (Å²) in [4.78, 5) is 23.2. The first kappa shape index (κ1) is 19.7. The molecule has 1 unspecified atom stereocenters. The zero-order chi connectivity index (χ0) is 19.3. The Morgan fingerprint density at radius 3 is 2.65 bits per heavy atom. The molecule has 6 nitrogen and oxygen atoms in total. The van der Waals surface area contributed by atoms with Crippen LogP contribution >= 0.6 is 0 Å².